The molecule has 0 aromatic carbocycles. The van der Waals surface area contributed by atoms with E-state index >= 15 is 0 Å². The lowest BCUT2D eigenvalue weighted by molar-refractivity contribution is 0.328. The summed E-state index contributed by atoms with van der Waals surface area (Å²) in [6.45, 7) is 2.30. The highest BCUT2D eigenvalue weighted by Crippen LogP contribution is 2.27. The van der Waals surface area contributed by atoms with Crippen molar-refractivity contribution < 1.29 is 0 Å². The molecule has 1 fully saturated rings. The van der Waals surface area contributed by atoms with E-state index in [0.717, 1.165) is 5.92 Å². The van der Waals surface area contributed by atoms with Gasteiger partial charge in [-0.15, -0.1) is 0 Å². The second-order valence-corrected chi connectivity index (χ2v) is 4.57. The van der Waals surface area contributed by atoms with Crippen molar-refractivity contribution in [1.29, 1.82) is 0 Å². The van der Waals surface area contributed by atoms with Crippen molar-refractivity contribution in [2.45, 2.75) is 45.1 Å². The Hall–Kier alpha value is -1.05. The summed E-state index contributed by atoms with van der Waals surface area (Å²) in [7, 11) is 0. The Labute approximate surface area is 92.1 Å². The van der Waals surface area contributed by atoms with Crippen LogP contribution in [0.2, 0.25) is 0 Å². The lowest BCUT2D eigenvalue weighted by Crippen LogP contribution is -2.27. The smallest absolute Gasteiger partial charge is 0.0373 e. The summed E-state index contributed by atoms with van der Waals surface area (Å²) >= 11 is 0. The van der Waals surface area contributed by atoms with E-state index in [0.29, 0.717) is 6.04 Å². The monoisotopic (exact) mass is 204 g/mol. The highest BCUT2D eigenvalue weighted by molar-refractivity contribution is 5.41. The minimum absolute atomic E-state index is 0.590. The molecule has 2 heteroatoms. The van der Waals surface area contributed by atoms with Crippen molar-refractivity contribution in [3.63, 3.8) is 0 Å². The molecule has 1 saturated carbocycles. The SMILES string of the molecule is C[C@@H](Nc1ccncc1)C1CCCCC1. The molecule has 82 valence electrons. The van der Waals surface area contributed by atoms with Crippen molar-refractivity contribution in [2.24, 2.45) is 5.92 Å². The van der Waals surface area contributed by atoms with Gasteiger partial charge in [0.1, 0.15) is 0 Å². The van der Waals surface area contributed by atoms with Gasteiger partial charge in [-0.05, 0) is 37.8 Å². The van der Waals surface area contributed by atoms with Crippen molar-refractivity contribution in [3.05, 3.63) is 24.5 Å². The molecule has 0 aliphatic heterocycles. The van der Waals surface area contributed by atoms with Crippen LogP contribution in [0.5, 0.6) is 0 Å². The molecule has 15 heavy (non-hydrogen) atoms. The van der Waals surface area contributed by atoms with Crippen molar-refractivity contribution in [2.75, 3.05) is 5.32 Å². The fourth-order valence-corrected chi connectivity index (χ4v) is 2.46. The zero-order valence-corrected chi connectivity index (χ0v) is 9.45. The van der Waals surface area contributed by atoms with E-state index in [1.165, 1.54) is 37.8 Å². The van der Waals surface area contributed by atoms with Crippen LogP contribution >= 0.6 is 0 Å². The van der Waals surface area contributed by atoms with Gasteiger partial charge in [0.05, 0.1) is 0 Å². The second-order valence-electron chi connectivity index (χ2n) is 4.57. The number of rotatable bonds is 3. The molecule has 0 spiro atoms. The van der Waals surface area contributed by atoms with Crippen molar-refractivity contribution in [1.82, 2.24) is 4.98 Å². The number of nitrogens with one attached hydrogen (secondary N) is 1. The molecule has 0 unspecified atom stereocenters. The van der Waals surface area contributed by atoms with E-state index in [4.69, 9.17) is 0 Å². The first-order valence-electron chi connectivity index (χ1n) is 6.03. The molecule has 0 amide bonds. The zero-order chi connectivity index (χ0) is 10.5. The lowest BCUT2D eigenvalue weighted by Gasteiger charge is -2.28. The summed E-state index contributed by atoms with van der Waals surface area (Å²) in [6, 6.07) is 4.67. The third kappa shape index (κ3) is 2.95. The average Bonchev–Trinajstić information content (AvgIpc) is 2.31. The summed E-state index contributed by atoms with van der Waals surface area (Å²) in [4.78, 5) is 4.03. The Balaban J connectivity index is 1.88. The molecule has 1 aliphatic carbocycles. The van der Waals surface area contributed by atoms with E-state index in [-0.39, 0.29) is 0 Å². The minimum Gasteiger partial charge on any atom is -0.382 e. The molecule has 1 aromatic rings. The molecular weight excluding hydrogens is 184 g/mol. The lowest BCUT2D eigenvalue weighted by atomic mass is 9.84. The molecule has 0 saturated heterocycles. The molecule has 0 bridgehead atoms. The van der Waals surface area contributed by atoms with E-state index in [1.54, 1.807) is 0 Å². The molecule has 1 aromatic heterocycles. The maximum absolute atomic E-state index is 4.03. The first kappa shape index (κ1) is 10.5. The average molecular weight is 204 g/mol. The molecule has 0 radical (unpaired) electrons. The first-order chi connectivity index (χ1) is 7.36. The topological polar surface area (TPSA) is 24.9 Å². The largest absolute Gasteiger partial charge is 0.382 e. The number of pyridine rings is 1. The Bertz CT molecular complexity index is 278. The van der Waals surface area contributed by atoms with Crippen molar-refractivity contribution >= 4 is 5.69 Å². The normalized spacial score (nSPS) is 19.8. The van der Waals surface area contributed by atoms with Crippen LogP contribution in [0.1, 0.15) is 39.0 Å². The third-order valence-electron chi connectivity index (χ3n) is 3.43. The van der Waals surface area contributed by atoms with Gasteiger partial charge in [0.2, 0.25) is 0 Å². The molecule has 2 rings (SSSR count). The van der Waals surface area contributed by atoms with Crippen LogP contribution in [0, 0.1) is 5.92 Å². The van der Waals surface area contributed by atoms with Gasteiger partial charge in [0.15, 0.2) is 0 Å². The Kier molecular flexibility index (Phi) is 3.59. The maximum Gasteiger partial charge on any atom is 0.0373 e. The van der Waals surface area contributed by atoms with Crippen molar-refractivity contribution in [3.8, 4) is 0 Å². The van der Waals surface area contributed by atoms with E-state index < -0.39 is 0 Å². The quantitative estimate of drug-likeness (QED) is 0.815. The molecule has 1 N–H and O–H groups in total. The highest BCUT2D eigenvalue weighted by Gasteiger charge is 2.19. The highest BCUT2D eigenvalue weighted by atomic mass is 14.9. The molecule has 1 heterocycles. The Morgan fingerprint density at radius 2 is 1.87 bits per heavy atom. The van der Waals surface area contributed by atoms with Crippen LogP contribution in [0.15, 0.2) is 24.5 Å². The van der Waals surface area contributed by atoms with E-state index in [2.05, 4.69) is 17.2 Å². The summed E-state index contributed by atoms with van der Waals surface area (Å²) < 4.78 is 0. The third-order valence-corrected chi connectivity index (χ3v) is 3.43. The number of aromatic nitrogens is 1. The van der Waals surface area contributed by atoms with Gasteiger partial charge in [0.25, 0.3) is 0 Å². The summed E-state index contributed by atoms with van der Waals surface area (Å²) in [5.74, 6) is 0.854. The fraction of sp³-hybridized carbons (Fsp3) is 0.615. The van der Waals surface area contributed by atoms with Gasteiger partial charge < -0.3 is 5.32 Å². The fourth-order valence-electron chi connectivity index (χ4n) is 2.46. The number of hydrogen-bond acceptors (Lipinski definition) is 2. The number of nitrogens with zero attached hydrogens (tertiary/aromatic N) is 1. The van der Waals surface area contributed by atoms with Crippen LogP contribution in [-0.4, -0.2) is 11.0 Å². The van der Waals surface area contributed by atoms with E-state index in [9.17, 15) is 0 Å². The molecular formula is C13H20N2. The zero-order valence-electron chi connectivity index (χ0n) is 9.45. The standard InChI is InChI=1S/C13H20N2/c1-11(12-5-3-2-4-6-12)15-13-7-9-14-10-8-13/h7-12H,2-6H2,1H3,(H,14,15)/t11-/m1/s1. The number of anilines is 1. The predicted molar refractivity (Wildman–Crippen MR) is 63.9 cm³/mol. The summed E-state index contributed by atoms with van der Waals surface area (Å²) in [6.07, 6.45) is 10.7. The van der Waals surface area contributed by atoms with Gasteiger partial charge >= 0.3 is 0 Å². The van der Waals surface area contributed by atoms with Gasteiger partial charge in [0, 0.05) is 24.1 Å². The van der Waals surface area contributed by atoms with Crippen LogP contribution < -0.4 is 5.32 Å². The molecule has 1 atom stereocenters. The van der Waals surface area contributed by atoms with Gasteiger partial charge in [-0.25, -0.2) is 0 Å². The summed E-state index contributed by atoms with van der Waals surface area (Å²) in [5.41, 5.74) is 1.20. The van der Waals surface area contributed by atoms with Gasteiger partial charge in [-0.1, -0.05) is 19.3 Å². The minimum atomic E-state index is 0.590. The van der Waals surface area contributed by atoms with Gasteiger partial charge in [-0.3, -0.25) is 4.98 Å². The molecule has 2 nitrogen and oxygen atoms in total. The van der Waals surface area contributed by atoms with Gasteiger partial charge in [-0.2, -0.15) is 0 Å². The number of hydrogen-bond donors (Lipinski definition) is 1. The van der Waals surface area contributed by atoms with Crippen LogP contribution in [0.25, 0.3) is 0 Å². The summed E-state index contributed by atoms with van der Waals surface area (Å²) in [5, 5.41) is 3.57. The van der Waals surface area contributed by atoms with Crippen LogP contribution in [0.3, 0.4) is 0 Å². The Morgan fingerprint density at radius 1 is 1.20 bits per heavy atom. The van der Waals surface area contributed by atoms with Crippen LogP contribution in [-0.2, 0) is 0 Å². The van der Waals surface area contributed by atoms with E-state index in [1.807, 2.05) is 24.5 Å². The predicted octanol–water partition coefficient (Wildman–Crippen LogP) is 3.46. The maximum atomic E-state index is 4.03. The first-order valence-corrected chi connectivity index (χ1v) is 6.03. The Morgan fingerprint density at radius 3 is 2.53 bits per heavy atom. The molecule has 1 aliphatic rings. The second kappa shape index (κ2) is 5.15. The van der Waals surface area contributed by atoms with Crippen LogP contribution in [0.4, 0.5) is 5.69 Å².